The molecule has 116 valence electrons. The molecule has 24 heavy (non-hydrogen) atoms. The number of nitrogens with zero attached hydrogens (tertiary/aromatic N) is 1. The zero-order valence-corrected chi connectivity index (χ0v) is 13.3. The first-order valence-electron chi connectivity index (χ1n) is 8.08. The van der Waals surface area contributed by atoms with Gasteiger partial charge in [0.05, 0.1) is 0 Å². The maximum absolute atomic E-state index is 4.78. The van der Waals surface area contributed by atoms with Crippen LogP contribution in [0.15, 0.2) is 102 Å². The van der Waals surface area contributed by atoms with Gasteiger partial charge in [-0.25, -0.2) is 0 Å². The SMILES string of the molecule is C1=CNC(c2ccccc2)(c2ccc(-c3ccccc3)cc2)N=C1. The minimum absolute atomic E-state index is 0.564. The number of allylic oxidation sites excluding steroid dienone is 1. The minimum atomic E-state index is -0.564. The Hall–Kier alpha value is -3.13. The molecule has 0 fully saturated rings. The summed E-state index contributed by atoms with van der Waals surface area (Å²) >= 11 is 0. The molecule has 0 aliphatic carbocycles. The summed E-state index contributed by atoms with van der Waals surface area (Å²) in [4.78, 5) is 4.78. The predicted molar refractivity (Wildman–Crippen MR) is 99.9 cm³/mol. The molecular weight excluding hydrogens is 292 g/mol. The van der Waals surface area contributed by atoms with Crippen LogP contribution in [-0.4, -0.2) is 6.21 Å². The minimum Gasteiger partial charge on any atom is -0.360 e. The summed E-state index contributed by atoms with van der Waals surface area (Å²) in [6.45, 7) is 0. The van der Waals surface area contributed by atoms with Crippen LogP contribution in [-0.2, 0) is 5.66 Å². The van der Waals surface area contributed by atoms with E-state index < -0.39 is 5.66 Å². The molecule has 3 aromatic rings. The monoisotopic (exact) mass is 310 g/mol. The van der Waals surface area contributed by atoms with Gasteiger partial charge in [0.15, 0.2) is 5.66 Å². The van der Waals surface area contributed by atoms with Crippen LogP contribution in [0.2, 0.25) is 0 Å². The molecule has 1 unspecified atom stereocenters. The molecule has 0 saturated heterocycles. The average molecular weight is 310 g/mol. The van der Waals surface area contributed by atoms with E-state index in [1.807, 2.05) is 42.8 Å². The Balaban J connectivity index is 1.77. The van der Waals surface area contributed by atoms with Gasteiger partial charge in [-0.1, -0.05) is 84.9 Å². The summed E-state index contributed by atoms with van der Waals surface area (Å²) in [6.07, 6.45) is 5.72. The number of hydrogen-bond donors (Lipinski definition) is 1. The maximum atomic E-state index is 4.78. The maximum Gasteiger partial charge on any atom is 0.181 e. The van der Waals surface area contributed by atoms with Crippen LogP contribution < -0.4 is 5.32 Å². The predicted octanol–water partition coefficient (Wildman–Crippen LogP) is 4.74. The van der Waals surface area contributed by atoms with Crippen LogP contribution in [0.1, 0.15) is 11.1 Å². The molecule has 3 aromatic carbocycles. The van der Waals surface area contributed by atoms with Gasteiger partial charge in [-0.3, -0.25) is 4.99 Å². The number of aliphatic imine (C=N–C) groups is 1. The topological polar surface area (TPSA) is 24.4 Å². The molecule has 1 heterocycles. The van der Waals surface area contributed by atoms with Crippen molar-refractivity contribution in [2.75, 3.05) is 0 Å². The lowest BCUT2D eigenvalue weighted by Crippen LogP contribution is -2.40. The second kappa shape index (κ2) is 6.17. The third-order valence-corrected chi connectivity index (χ3v) is 4.34. The van der Waals surface area contributed by atoms with Crippen LogP contribution in [0.4, 0.5) is 0 Å². The second-order valence-electron chi connectivity index (χ2n) is 5.80. The molecule has 1 atom stereocenters. The molecule has 1 N–H and O–H groups in total. The number of benzene rings is 3. The van der Waals surface area contributed by atoms with Crippen molar-refractivity contribution in [2.45, 2.75) is 5.66 Å². The zero-order chi connectivity index (χ0) is 16.2. The first kappa shape index (κ1) is 14.5. The smallest absolute Gasteiger partial charge is 0.181 e. The van der Waals surface area contributed by atoms with E-state index in [1.54, 1.807) is 0 Å². The molecule has 1 aliphatic heterocycles. The van der Waals surface area contributed by atoms with E-state index in [4.69, 9.17) is 4.99 Å². The van der Waals surface area contributed by atoms with Crippen molar-refractivity contribution in [1.82, 2.24) is 5.32 Å². The van der Waals surface area contributed by atoms with Gasteiger partial charge in [-0.2, -0.15) is 0 Å². The second-order valence-corrected chi connectivity index (χ2v) is 5.80. The number of rotatable bonds is 3. The fraction of sp³-hybridized carbons (Fsp3) is 0.0455. The van der Waals surface area contributed by atoms with Crippen LogP contribution in [0.3, 0.4) is 0 Å². The largest absolute Gasteiger partial charge is 0.360 e. The van der Waals surface area contributed by atoms with Gasteiger partial charge in [0.2, 0.25) is 0 Å². The Kier molecular flexibility index (Phi) is 3.72. The lowest BCUT2D eigenvalue weighted by atomic mass is 9.90. The van der Waals surface area contributed by atoms with E-state index in [0.29, 0.717) is 0 Å². The van der Waals surface area contributed by atoms with Crippen LogP contribution in [0, 0.1) is 0 Å². The molecular formula is C22H18N2. The third kappa shape index (κ3) is 2.52. The Morgan fingerprint density at radius 3 is 1.83 bits per heavy atom. The highest BCUT2D eigenvalue weighted by Crippen LogP contribution is 2.33. The molecule has 0 amide bonds. The van der Waals surface area contributed by atoms with Crippen molar-refractivity contribution < 1.29 is 0 Å². The molecule has 0 radical (unpaired) electrons. The summed E-state index contributed by atoms with van der Waals surface area (Å²) < 4.78 is 0. The molecule has 2 nitrogen and oxygen atoms in total. The summed E-state index contributed by atoms with van der Waals surface area (Å²) in [5, 5.41) is 3.45. The normalized spacial score (nSPS) is 19.0. The standard InChI is InChI=1S/C22H18N2/c1-3-8-18(9-4-1)19-12-14-21(15-13-19)22(23-16-7-17-24-22)20-10-5-2-6-11-20/h1-17,23H. The quantitative estimate of drug-likeness (QED) is 0.742. The van der Waals surface area contributed by atoms with Crippen LogP contribution >= 0.6 is 0 Å². The van der Waals surface area contributed by atoms with Gasteiger partial charge in [-0.05, 0) is 17.2 Å². The van der Waals surface area contributed by atoms with Gasteiger partial charge < -0.3 is 5.32 Å². The van der Waals surface area contributed by atoms with Gasteiger partial charge in [0.1, 0.15) is 0 Å². The van der Waals surface area contributed by atoms with Crippen molar-refractivity contribution in [3.8, 4) is 11.1 Å². The van der Waals surface area contributed by atoms with Gasteiger partial charge in [0.25, 0.3) is 0 Å². The van der Waals surface area contributed by atoms with Gasteiger partial charge >= 0.3 is 0 Å². The fourth-order valence-corrected chi connectivity index (χ4v) is 3.10. The van der Waals surface area contributed by atoms with E-state index in [9.17, 15) is 0 Å². The summed E-state index contributed by atoms with van der Waals surface area (Å²) in [7, 11) is 0. The van der Waals surface area contributed by atoms with E-state index >= 15 is 0 Å². The lowest BCUT2D eigenvalue weighted by Gasteiger charge is -2.33. The van der Waals surface area contributed by atoms with Crippen LogP contribution in [0.5, 0.6) is 0 Å². The summed E-state index contributed by atoms with van der Waals surface area (Å²) in [5.41, 5.74) is 4.10. The van der Waals surface area contributed by atoms with Crippen LogP contribution in [0.25, 0.3) is 11.1 Å². The van der Waals surface area contributed by atoms with Crippen molar-refractivity contribution in [3.05, 3.63) is 108 Å². The average Bonchev–Trinajstić information content (AvgIpc) is 2.70. The molecule has 0 spiro atoms. The molecule has 0 bridgehead atoms. The van der Waals surface area contributed by atoms with E-state index in [2.05, 4.69) is 66.0 Å². The molecule has 1 aliphatic rings. The fourth-order valence-electron chi connectivity index (χ4n) is 3.10. The highest BCUT2D eigenvalue weighted by Gasteiger charge is 2.33. The van der Waals surface area contributed by atoms with E-state index in [-0.39, 0.29) is 0 Å². The summed E-state index contributed by atoms with van der Waals surface area (Å²) in [5.74, 6) is 0. The zero-order valence-electron chi connectivity index (χ0n) is 13.3. The van der Waals surface area contributed by atoms with E-state index in [0.717, 1.165) is 11.1 Å². The van der Waals surface area contributed by atoms with E-state index in [1.165, 1.54) is 11.1 Å². The van der Waals surface area contributed by atoms with Gasteiger partial charge in [-0.15, -0.1) is 0 Å². The van der Waals surface area contributed by atoms with Crippen molar-refractivity contribution in [3.63, 3.8) is 0 Å². The highest BCUT2D eigenvalue weighted by molar-refractivity contribution is 5.73. The Bertz CT molecular complexity index is 865. The summed E-state index contributed by atoms with van der Waals surface area (Å²) in [6, 6.07) is 29.4. The Morgan fingerprint density at radius 1 is 0.625 bits per heavy atom. The Morgan fingerprint density at radius 2 is 1.21 bits per heavy atom. The van der Waals surface area contributed by atoms with Crippen molar-refractivity contribution in [1.29, 1.82) is 0 Å². The van der Waals surface area contributed by atoms with Crippen molar-refractivity contribution >= 4 is 6.21 Å². The van der Waals surface area contributed by atoms with Gasteiger partial charge in [0, 0.05) is 23.5 Å². The first-order chi connectivity index (χ1) is 11.9. The number of hydrogen-bond acceptors (Lipinski definition) is 2. The van der Waals surface area contributed by atoms with Crippen molar-refractivity contribution in [2.24, 2.45) is 4.99 Å². The molecule has 4 rings (SSSR count). The molecule has 0 aromatic heterocycles. The third-order valence-electron chi connectivity index (χ3n) is 4.34. The lowest BCUT2D eigenvalue weighted by molar-refractivity contribution is 0.480. The Labute approximate surface area is 142 Å². The highest BCUT2D eigenvalue weighted by atomic mass is 15.1. The number of nitrogens with one attached hydrogen (secondary N) is 1. The molecule has 2 heteroatoms. The first-order valence-corrected chi connectivity index (χ1v) is 8.08. The molecule has 0 saturated carbocycles.